The van der Waals surface area contributed by atoms with Crippen LogP contribution in [-0.4, -0.2) is 46.8 Å². The van der Waals surface area contributed by atoms with Crippen LogP contribution >= 0.6 is 27.5 Å². The molecule has 1 aromatic carbocycles. The topological polar surface area (TPSA) is 117 Å². The van der Waals surface area contributed by atoms with E-state index in [1.54, 1.807) is 25.4 Å². The molecule has 0 spiro atoms. The Kier molecular flexibility index (Phi) is 7.22. The van der Waals surface area contributed by atoms with Gasteiger partial charge < -0.3 is 10.6 Å². The van der Waals surface area contributed by atoms with Crippen LogP contribution in [0.3, 0.4) is 0 Å². The first-order valence-corrected chi connectivity index (χ1v) is 8.75. The Morgan fingerprint density at radius 2 is 1.89 bits per heavy atom. The molecule has 0 aliphatic carbocycles. The lowest BCUT2D eigenvalue weighted by molar-refractivity contribution is -0.384. The predicted molar refractivity (Wildman–Crippen MR) is 105 cm³/mol. The van der Waals surface area contributed by atoms with Crippen molar-refractivity contribution in [1.82, 2.24) is 9.88 Å². The number of likely N-dealkylation sites (N-methyl/N-ethyl adjacent to an activating group) is 1. The van der Waals surface area contributed by atoms with Gasteiger partial charge in [-0.3, -0.25) is 24.6 Å². The van der Waals surface area contributed by atoms with Crippen LogP contribution in [0.4, 0.5) is 17.2 Å². The summed E-state index contributed by atoms with van der Waals surface area (Å²) in [6, 6.07) is 7.13. The van der Waals surface area contributed by atoms with Gasteiger partial charge in [0, 0.05) is 22.8 Å². The highest BCUT2D eigenvalue weighted by Crippen LogP contribution is 2.26. The molecule has 0 radical (unpaired) electrons. The highest BCUT2D eigenvalue weighted by molar-refractivity contribution is 9.10. The van der Waals surface area contributed by atoms with Crippen molar-refractivity contribution in [2.75, 3.05) is 30.8 Å². The molecule has 0 unspecified atom stereocenters. The van der Waals surface area contributed by atoms with E-state index in [1.165, 1.54) is 17.0 Å². The van der Waals surface area contributed by atoms with Crippen molar-refractivity contribution in [3.8, 4) is 0 Å². The number of halogens is 2. The highest BCUT2D eigenvalue weighted by atomic mass is 79.9. The van der Waals surface area contributed by atoms with Crippen LogP contribution in [0.1, 0.15) is 0 Å². The van der Waals surface area contributed by atoms with Crippen LogP contribution < -0.4 is 10.6 Å². The second kappa shape index (κ2) is 9.40. The molecule has 0 aliphatic heterocycles. The van der Waals surface area contributed by atoms with Gasteiger partial charge in [-0.2, -0.15) is 0 Å². The van der Waals surface area contributed by atoms with E-state index in [1.807, 2.05) is 0 Å². The monoisotopic (exact) mass is 455 g/mol. The number of hydrogen-bond acceptors (Lipinski definition) is 6. The van der Waals surface area contributed by atoms with Gasteiger partial charge in [0.1, 0.15) is 5.82 Å². The van der Waals surface area contributed by atoms with Crippen molar-refractivity contribution < 1.29 is 14.5 Å². The largest absolute Gasteiger partial charge is 0.324 e. The number of non-ortho nitro benzene ring substituents is 1. The number of nitro benzene ring substituents is 1. The van der Waals surface area contributed by atoms with E-state index < -0.39 is 10.8 Å². The Labute approximate surface area is 168 Å². The second-order valence-electron chi connectivity index (χ2n) is 5.55. The molecule has 1 aromatic heterocycles. The van der Waals surface area contributed by atoms with Gasteiger partial charge in [0.25, 0.3) is 5.69 Å². The van der Waals surface area contributed by atoms with Gasteiger partial charge in [0.2, 0.25) is 11.8 Å². The van der Waals surface area contributed by atoms with Gasteiger partial charge in [-0.1, -0.05) is 11.6 Å². The molecule has 0 saturated carbocycles. The third kappa shape index (κ3) is 6.59. The fourth-order valence-corrected chi connectivity index (χ4v) is 2.54. The number of anilines is 2. The number of hydrogen-bond donors (Lipinski definition) is 2. The van der Waals surface area contributed by atoms with Gasteiger partial charge in [-0.15, -0.1) is 0 Å². The zero-order valence-electron chi connectivity index (χ0n) is 14.1. The number of benzene rings is 1. The molecule has 142 valence electrons. The first-order chi connectivity index (χ1) is 12.7. The maximum atomic E-state index is 12.1. The van der Waals surface area contributed by atoms with Crippen molar-refractivity contribution >= 4 is 56.5 Å². The molecule has 2 aromatic rings. The van der Waals surface area contributed by atoms with Crippen molar-refractivity contribution in [3.63, 3.8) is 0 Å². The van der Waals surface area contributed by atoms with Crippen molar-refractivity contribution in [2.24, 2.45) is 0 Å². The van der Waals surface area contributed by atoms with E-state index in [2.05, 4.69) is 31.5 Å². The summed E-state index contributed by atoms with van der Waals surface area (Å²) in [5.41, 5.74) is 0.0810. The van der Waals surface area contributed by atoms with E-state index in [-0.39, 0.29) is 35.4 Å². The number of nitro groups is 1. The summed E-state index contributed by atoms with van der Waals surface area (Å²) in [6.45, 7) is -0.104. The Bertz CT molecular complexity index is 862. The van der Waals surface area contributed by atoms with Crippen LogP contribution in [0, 0.1) is 10.1 Å². The molecule has 0 saturated heterocycles. The average Bonchev–Trinajstić information content (AvgIpc) is 2.58. The molecule has 0 atom stereocenters. The van der Waals surface area contributed by atoms with Crippen molar-refractivity contribution in [2.45, 2.75) is 0 Å². The predicted octanol–water partition coefficient (Wildman–Crippen LogP) is 2.91. The minimum Gasteiger partial charge on any atom is -0.324 e. The lowest BCUT2D eigenvalue weighted by Crippen LogP contribution is -2.36. The van der Waals surface area contributed by atoms with E-state index in [9.17, 15) is 19.7 Å². The van der Waals surface area contributed by atoms with Gasteiger partial charge >= 0.3 is 0 Å². The lowest BCUT2D eigenvalue weighted by atomic mass is 10.3. The van der Waals surface area contributed by atoms with Gasteiger partial charge in [-0.25, -0.2) is 4.98 Å². The van der Waals surface area contributed by atoms with E-state index in [0.717, 1.165) is 10.5 Å². The zero-order chi connectivity index (χ0) is 20.0. The zero-order valence-corrected chi connectivity index (χ0v) is 16.5. The van der Waals surface area contributed by atoms with Crippen molar-refractivity contribution in [1.29, 1.82) is 0 Å². The summed E-state index contributed by atoms with van der Waals surface area (Å²) in [4.78, 5) is 39.7. The number of amides is 2. The van der Waals surface area contributed by atoms with Crippen molar-refractivity contribution in [3.05, 3.63) is 56.1 Å². The third-order valence-corrected chi connectivity index (χ3v) is 4.04. The summed E-state index contributed by atoms with van der Waals surface area (Å²) >= 11 is 9.18. The molecule has 0 aliphatic rings. The van der Waals surface area contributed by atoms with Crippen LogP contribution in [0.15, 0.2) is 41.0 Å². The number of aromatic nitrogens is 1. The van der Waals surface area contributed by atoms with E-state index >= 15 is 0 Å². The highest BCUT2D eigenvalue weighted by Gasteiger charge is 2.14. The molecule has 1 heterocycles. The van der Waals surface area contributed by atoms with Crippen LogP contribution in [0.5, 0.6) is 0 Å². The van der Waals surface area contributed by atoms with Crippen LogP contribution in [0.2, 0.25) is 5.02 Å². The average molecular weight is 457 g/mol. The molecule has 9 nitrogen and oxygen atoms in total. The summed E-state index contributed by atoms with van der Waals surface area (Å²) < 4.78 is 0.791. The maximum Gasteiger partial charge on any atom is 0.271 e. The number of nitrogens with zero attached hydrogens (tertiary/aromatic N) is 3. The van der Waals surface area contributed by atoms with Gasteiger partial charge in [0.15, 0.2) is 0 Å². The summed E-state index contributed by atoms with van der Waals surface area (Å²) in [7, 11) is 1.60. The summed E-state index contributed by atoms with van der Waals surface area (Å²) in [6.07, 6.45) is 1.56. The molecule has 2 amide bonds. The number of nitrogens with one attached hydrogen (secondary N) is 2. The normalized spacial score (nSPS) is 10.5. The Morgan fingerprint density at radius 1 is 1.22 bits per heavy atom. The molecule has 0 bridgehead atoms. The fourth-order valence-electron chi connectivity index (χ4n) is 2.09. The molecular weight excluding hydrogens is 442 g/mol. The molecular formula is C16H15BrClN5O4. The van der Waals surface area contributed by atoms with Crippen LogP contribution in [-0.2, 0) is 9.59 Å². The molecule has 27 heavy (non-hydrogen) atoms. The minimum atomic E-state index is -0.579. The SMILES string of the molecule is CN(CC(=O)Nc1ccc(Br)cn1)CC(=O)Nc1ccc([N+](=O)[O-])cc1Cl. The van der Waals surface area contributed by atoms with Gasteiger partial charge in [-0.05, 0) is 41.2 Å². The Morgan fingerprint density at radius 3 is 2.44 bits per heavy atom. The molecule has 0 fully saturated rings. The quantitative estimate of drug-likeness (QED) is 0.489. The number of carbonyl (C=O) groups is 2. The van der Waals surface area contributed by atoms with E-state index in [4.69, 9.17) is 11.6 Å². The standard InChI is InChI=1S/C16H15BrClN5O4/c1-22(9-16(25)21-14-5-2-10(17)7-19-14)8-15(24)20-13-4-3-11(23(26)27)6-12(13)18/h2-7H,8-9H2,1H3,(H,20,24)(H,19,21,25). The molecule has 2 N–H and O–H groups in total. The van der Waals surface area contributed by atoms with Crippen LogP contribution in [0.25, 0.3) is 0 Å². The molecule has 11 heteroatoms. The number of pyridine rings is 1. The molecule has 2 rings (SSSR count). The smallest absolute Gasteiger partial charge is 0.271 e. The maximum absolute atomic E-state index is 12.1. The Hall–Kier alpha value is -2.56. The Balaban J connectivity index is 1.85. The van der Waals surface area contributed by atoms with E-state index in [0.29, 0.717) is 5.82 Å². The minimum absolute atomic E-state index is 0.0286. The summed E-state index contributed by atoms with van der Waals surface area (Å²) in [5.74, 6) is -0.338. The second-order valence-corrected chi connectivity index (χ2v) is 6.87. The first kappa shape index (κ1) is 20.7. The fraction of sp³-hybridized carbons (Fsp3) is 0.188. The first-order valence-electron chi connectivity index (χ1n) is 7.58. The lowest BCUT2D eigenvalue weighted by Gasteiger charge is -2.16. The van der Waals surface area contributed by atoms with Gasteiger partial charge in [0.05, 0.1) is 28.7 Å². The number of rotatable bonds is 7. The summed E-state index contributed by atoms with van der Waals surface area (Å²) in [5, 5.41) is 15.9. The number of carbonyl (C=O) groups excluding carboxylic acids is 2. The third-order valence-electron chi connectivity index (χ3n) is 3.26.